The van der Waals surface area contributed by atoms with Gasteiger partial charge in [0.15, 0.2) is 0 Å². The van der Waals surface area contributed by atoms with Gasteiger partial charge in [0.2, 0.25) is 5.89 Å². The van der Waals surface area contributed by atoms with Crippen LogP contribution < -0.4 is 10.5 Å². The molecule has 11 heteroatoms. The van der Waals surface area contributed by atoms with Crippen LogP contribution in [0.5, 0.6) is 6.01 Å². The second-order valence-corrected chi connectivity index (χ2v) is 7.07. The molecule has 3 heterocycles. The zero-order valence-electron chi connectivity index (χ0n) is 13.5. The van der Waals surface area contributed by atoms with Crippen molar-refractivity contribution in [3.8, 4) is 17.5 Å². The van der Waals surface area contributed by atoms with Gasteiger partial charge in [-0.25, -0.2) is 4.79 Å². The van der Waals surface area contributed by atoms with Crippen molar-refractivity contribution in [2.75, 3.05) is 0 Å². The molecule has 1 aliphatic heterocycles. The summed E-state index contributed by atoms with van der Waals surface area (Å²) in [5.41, 5.74) is -0.153. The zero-order valence-corrected chi connectivity index (χ0v) is 15.0. The van der Waals surface area contributed by atoms with Crippen molar-refractivity contribution in [1.29, 1.82) is 0 Å². The van der Waals surface area contributed by atoms with Crippen molar-refractivity contribution in [1.82, 2.24) is 19.3 Å². The Bertz CT molecular complexity index is 1030. The fourth-order valence-electron chi connectivity index (χ4n) is 2.80. The van der Waals surface area contributed by atoms with Crippen LogP contribution in [0.1, 0.15) is 6.92 Å². The topological polar surface area (TPSA) is 118 Å². The molecule has 1 aliphatic rings. The Labute approximate surface area is 154 Å². The van der Waals surface area contributed by atoms with Crippen molar-refractivity contribution in [2.24, 2.45) is 0 Å². The number of imidazole rings is 1. The summed E-state index contributed by atoms with van der Waals surface area (Å²) < 4.78 is 14.6. The second-order valence-electron chi connectivity index (χ2n) is 6.16. The number of aromatic nitrogens is 4. The highest BCUT2D eigenvalue weighted by Gasteiger charge is 2.41. The molecule has 0 bridgehead atoms. The maximum atomic E-state index is 12.1. The molecule has 2 aromatic heterocycles. The SMILES string of the molecule is CC1(Cn2nc(-c3ccc(Br)cc3)oc2=O)Cn2cc([N+](=O)[O-])nc2O1. The molecule has 0 saturated carbocycles. The maximum Gasteiger partial charge on any atom is 0.437 e. The van der Waals surface area contributed by atoms with Crippen LogP contribution >= 0.6 is 15.9 Å². The summed E-state index contributed by atoms with van der Waals surface area (Å²) >= 11 is 3.34. The summed E-state index contributed by atoms with van der Waals surface area (Å²) in [5.74, 6) is -0.682. The van der Waals surface area contributed by atoms with E-state index < -0.39 is 16.3 Å². The molecule has 0 saturated heterocycles. The van der Waals surface area contributed by atoms with Gasteiger partial charge in [-0.3, -0.25) is 4.57 Å². The molecule has 3 aromatic rings. The van der Waals surface area contributed by atoms with E-state index in [4.69, 9.17) is 9.15 Å². The van der Waals surface area contributed by atoms with Gasteiger partial charge >= 0.3 is 17.6 Å². The Morgan fingerprint density at radius 2 is 2.12 bits per heavy atom. The fraction of sp³-hybridized carbons (Fsp3) is 0.267. The minimum atomic E-state index is -0.824. The Morgan fingerprint density at radius 1 is 1.38 bits per heavy atom. The zero-order chi connectivity index (χ0) is 18.5. The van der Waals surface area contributed by atoms with E-state index in [1.54, 1.807) is 23.6 Å². The Morgan fingerprint density at radius 3 is 2.77 bits per heavy atom. The quantitative estimate of drug-likeness (QED) is 0.467. The summed E-state index contributed by atoms with van der Waals surface area (Å²) in [6.07, 6.45) is 1.30. The number of hydrogen-bond acceptors (Lipinski definition) is 7. The largest absolute Gasteiger partial charge is 0.437 e. The van der Waals surface area contributed by atoms with E-state index in [-0.39, 0.29) is 24.3 Å². The fourth-order valence-corrected chi connectivity index (χ4v) is 3.06. The number of rotatable bonds is 4. The molecule has 0 radical (unpaired) electrons. The van der Waals surface area contributed by atoms with Crippen molar-refractivity contribution in [2.45, 2.75) is 25.6 Å². The first kappa shape index (κ1) is 16.5. The van der Waals surface area contributed by atoms with Crippen molar-refractivity contribution >= 4 is 21.7 Å². The van der Waals surface area contributed by atoms with Gasteiger partial charge in [0, 0.05) is 15.0 Å². The first-order valence-corrected chi connectivity index (χ1v) is 8.37. The van der Waals surface area contributed by atoms with Gasteiger partial charge in [-0.15, -0.1) is 5.10 Å². The normalized spacial score (nSPS) is 18.5. The summed E-state index contributed by atoms with van der Waals surface area (Å²) in [6.45, 7) is 2.19. The molecule has 0 fully saturated rings. The molecule has 1 atom stereocenters. The number of fused-ring (bicyclic) bond motifs is 1. The molecule has 26 heavy (non-hydrogen) atoms. The highest BCUT2D eigenvalue weighted by Crippen LogP contribution is 2.31. The van der Waals surface area contributed by atoms with Crippen LogP contribution in [-0.2, 0) is 13.1 Å². The standard InChI is InChI=1S/C15H12BrN5O5/c1-15(7-19-6-11(21(23)24)17-13(19)26-15)8-20-14(22)25-12(18-20)9-2-4-10(16)5-3-9/h2-6H,7-8H2,1H3. The van der Waals surface area contributed by atoms with E-state index in [0.717, 1.165) is 4.47 Å². The Balaban J connectivity index is 1.56. The number of nitro groups is 1. The number of halogens is 1. The third-order valence-corrected chi connectivity index (χ3v) is 4.47. The molecule has 1 unspecified atom stereocenters. The molecule has 0 amide bonds. The third kappa shape index (κ3) is 2.90. The molecular weight excluding hydrogens is 410 g/mol. The monoisotopic (exact) mass is 421 g/mol. The molecule has 134 valence electrons. The van der Waals surface area contributed by atoms with Gasteiger partial charge in [-0.1, -0.05) is 15.9 Å². The molecular formula is C15H12BrN5O5. The minimum absolute atomic E-state index is 0.114. The number of ether oxygens (including phenoxy) is 1. The van der Waals surface area contributed by atoms with Gasteiger partial charge in [-0.05, 0) is 36.1 Å². The van der Waals surface area contributed by atoms with Crippen LogP contribution in [0.25, 0.3) is 11.5 Å². The van der Waals surface area contributed by atoms with E-state index in [1.807, 2.05) is 12.1 Å². The summed E-state index contributed by atoms with van der Waals surface area (Å²) in [4.78, 5) is 26.1. The van der Waals surface area contributed by atoms with Crippen molar-refractivity contribution in [3.05, 3.63) is 55.6 Å². The Kier molecular flexibility index (Phi) is 3.68. The lowest BCUT2D eigenvalue weighted by atomic mass is 10.1. The lowest BCUT2D eigenvalue weighted by Gasteiger charge is -2.20. The van der Waals surface area contributed by atoms with Crippen LogP contribution in [-0.4, -0.2) is 29.9 Å². The molecule has 0 spiro atoms. The van der Waals surface area contributed by atoms with E-state index in [0.29, 0.717) is 12.1 Å². The third-order valence-electron chi connectivity index (χ3n) is 3.94. The van der Waals surface area contributed by atoms with E-state index >= 15 is 0 Å². The van der Waals surface area contributed by atoms with Crippen LogP contribution in [0.15, 0.2) is 44.1 Å². The summed E-state index contributed by atoms with van der Waals surface area (Å²) in [6, 6.07) is 7.34. The van der Waals surface area contributed by atoms with E-state index in [2.05, 4.69) is 26.0 Å². The van der Waals surface area contributed by atoms with E-state index in [1.165, 1.54) is 10.9 Å². The lowest BCUT2D eigenvalue weighted by Crippen LogP contribution is -2.39. The van der Waals surface area contributed by atoms with Crippen LogP contribution in [0, 0.1) is 10.1 Å². The molecule has 10 nitrogen and oxygen atoms in total. The lowest BCUT2D eigenvalue weighted by molar-refractivity contribution is -0.389. The summed E-state index contributed by atoms with van der Waals surface area (Å²) in [5, 5.41) is 15.0. The smallest absolute Gasteiger partial charge is 0.436 e. The first-order valence-electron chi connectivity index (χ1n) is 7.57. The van der Waals surface area contributed by atoms with Crippen LogP contribution in [0.3, 0.4) is 0 Å². The first-order chi connectivity index (χ1) is 12.3. The molecule has 0 aliphatic carbocycles. The maximum absolute atomic E-state index is 12.1. The number of nitrogens with zero attached hydrogens (tertiary/aromatic N) is 5. The predicted octanol–water partition coefficient (Wildman–Crippen LogP) is 2.22. The van der Waals surface area contributed by atoms with Crippen LogP contribution in [0.4, 0.5) is 5.82 Å². The highest BCUT2D eigenvalue weighted by molar-refractivity contribution is 9.10. The molecule has 1 aromatic carbocycles. The Hall–Kier alpha value is -2.95. The predicted molar refractivity (Wildman–Crippen MR) is 91.8 cm³/mol. The van der Waals surface area contributed by atoms with Gasteiger partial charge in [0.1, 0.15) is 11.8 Å². The van der Waals surface area contributed by atoms with Gasteiger partial charge in [0.25, 0.3) is 0 Å². The van der Waals surface area contributed by atoms with Gasteiger partial charge in [-0.2, -0.15) is 4.68 Å². The average Bonchev–Trinajstić information content (AvgIpc) is 3.20. The van der Waals surface area contributed by atoms with Crippen molar-refractivity contribution in [3.63, 3.8) is 0 Å². The summed E-state index contributed by atoms with van der Waals surface area (Å²) in [7, 11) is 0. The number of hydrogen-bond donors (Lipinski definition) is 0. The average molecular weight is 422 g/mol. The van der Waals surface area contributed by atoms with Gasteiger partial charge < -0.3 is 19.3 Å². The molecule has 0 N–H and O–H groups in total. The van der Waals surface area contributed by atoms with E-state index in [9.17, 15) is 14.9 Å². The van der Waals surface area contributed by atoms with Crippen molar-refractivity contribution < 1.29 is 14.1 Å². The second kappa shape index (κ2) is 5.80. The van der Waals surface area contributed by atoms with Gasteiger partial charge in [0.05, 0.1) is 13.1 Å². The molecule has 4 rings (SSSR count). The minimum Gasteiger partial charge on any atom is -0.436 e. The van der Waals surface area contributed by atoms with Crippen LogP contribution in [0.2, 0.25) is 0 Å². The highest BCUT2D eigenvalue weighted by atomic mass is 79.9. The number of benzene rings is 1.